The maximum Gasteiger partial charge on any atom is 0.279 e. The Hall–Kier alpha value is -3.40. The lowest BCUT2D eigenvalue weighted by atomic mass is 10.1. The zero-order valence-electron chi connectivity index (χ0n) is 14.9. The van der Waals surface area contributed by atoms with Crippen LogP contribution in [0.2, 0.25) is 0 Å². The van der Waals surface area contributed by atoms with E-state index in [1.807, 2.05) is 0 Å². The lowest BCUT2D eigenvalue weighted by Gasteiger charge is -2.07. The van der Waals surface area contributed by atoms with E-state index in [1.165, 1.54) is 13.3 Å². The predicted molar refractivity (Wildman–Crippen MR) is 108 cm³/mol. The standard InChI is InChI=1S/C18H16BrN5O4/c1-27-12-6-3-10(4-7-12)15-17(26)21-18(24-22-15)23-20-9-11-5-8-13(28-2)16(25)14(11)19/h3-9,25H,1-2H3,(H2,21,23,24,26)/b20-9+. The number of benzene rings is 2. The lowest BCUT2D eigenvalue weighted by molar-refractivity contribution is 0.372. The number of hydrazone groups is 1. The molecule has 0 amide bonds. The van der Waals surface area contributed by atoms with Gasteiger partial charge in [0.05, 0.1) is 24.9 Å². The number of ether oxygens (including phenoxy) is 2. The van der Waals surface area contributed by atoms with Gasteiger partial charge in [0, 0.05) is 11.1 Å². The number of aromatic amines is 1. The molecule has 1 heterocycles. The van der Waals surface area contributed by atoms with E-state index in [1.54, 1.807) is 43.5 Å². The van der Waals surface area contributed by atoms with Crippen LogP contribution >= 0.6 is 15.9 Å². The van der Waals surface area contributed by atoms with E-state index in [0.717, 1.165) is 0 Å². The SMILES string of the molecule is COc1ccc(-c2nnc(N/N=C/c3ccc(OC)c(O)c3Br)[nH]c2=O)cc1. The van der Waals surface area contributed by atoms with Gasteiger partial charge in [0.25, 0.3) is 5.56 Å². The number of hydrogen-bond donors (Lipinski definition) is 3. The number of hydrogen-bond acceptors (Lipinski definition) is 8. The molecule has 3 N–H and O–H groups in total. The molecular formula is C18H16BrN5O4. The van der Waals surface area contributed by atoms with Crippen molar-refractivity contribution in [1.29, 1.82) is 0 Å². The van der Waals surface area contributed by atoms with Crippen LogP contribution < -0.4 is 20.5 Å². The Morgan fingerprint density at radius 2 is 1.89 bits per heavy atom. The minimum Gasteiger partial charge on any atom is -0.503 e. The number of methoxy groups -OCH3 is 2. The monoisotopic (exact) mass is 445 g/mol. The smallest absolute Gasteiger partial charge is 0.279 e. The first-order valence-electron chi connectivity index (χ1n) is 7.99. The van der Waals surface area contributed by atoms with Gasteiger partial charge in [-0.1, -0.05) is 0 Å². The van der Waals surface area contributed by atoms with Crippen molar-refractivity contribution in [2.24, 2.45) is 5.10 Å². The third-order valence-corrected chi connectivity index (χ3v) is 4.60. The van der Waals surface area contributed by atoms with Gasteiger partial charge in [-0.05, 0) is 52.3 Å². The Bertz CT molecular complexity index is 1070. The van der Waals surface area contributed by atoms with Crippen molar-refractivity contribution in [3.05, 3.63) is 56.8 Å². The molecule has 0 radical (unpaired) electrons. The van der Waals surface area contributed by atoms with Crippen LogP contribution in [0.4, 0.5) is 5.95 Å². The summed E-state index contributed by atoms with van der Waals surface area (Å²) in [6.45, 7) is 0. The second-order valence-electron chi connectivity index (χ2n) is 5.47. The summed E-state index contributed by atoms with van der Waals surface area (Å²) in [5.41, 5.74) is 3.56. The fraction of sp³-hybridized carbons (Fsp3) is 0.111. The molecule has 144 valence electrons. The first-order chi connectivity index (χ1) is 13.5. The Morgan fingerprint density at radius 3 is 2.54 bits per heavy atom. The largest absolute Gasteiger partial charge is 0.503 e. The maximum absolute atomic E-state index is 12.3. The third-order valence-electron chi connectivity index (χ3n) is 3.76. The topological polar surface area (TPSA) is 122 Å². The molecular weight excluding hydrogens is 430 g/mol. The van der Waals surface area contributed by atoms with Crippen molar-refractivity contribution in [1.82, 2.24) is 15.2 Å². The summed E-state index contributed by atoms with van der Waals surface area (Å²) in [5, 5.41) is 21.8. The summed E-state index contributed by atoms with van der Waals surface area (Å²) >= 11 is 3.27. The van der Waals surface area contributed by atoms with E-state index >= 15 is 0 Å². The molecule has 0 aliphatic carbocycles. The van der Waals surface area contributed by atoms with Crippen LogP contribution in [0.3, 0.4) is 0 Å². The predicted octanol–water partition coefficient (Wildman–Crippen LogP) is 2.76. The van der Waals surface area contributed by atoms with Crippen molar-refractivity contribution in [2.45, 2.75) is 0 Å². The molecule has 0 atom stereocenters. The van der Waals surface area contributed by atoms with Crippen LogP contribution in [-0.2, 0) is 0 Å². The van der Waals surface area contributed by atoms with E-state index in [9.17, 15) is 9.90 Å². The Morgan fingerprint density at radius 1 is 1.14 bits per heavy atom. The number of phenolic OH excluding ortho intramolecular Hbond substituents is 1. The molecule has 0 saturated carbocycles. The third kappa shape index (κ3) is 4.12. The average Bonchev–Trinajstić information content (AvgIpc) is 2.71. The van der Waals surface area contributed by atoms with Gasteiger partial charge in [-0.25, -0.2) is 5.43 Å². The molecule has 2 aromatic carbocycles. The van der Waals surface area contributed by atoms with Crippen molar-refractivity contribution < 1.29 is 14.6 Å². The molecule has 0 aliphatic rings. The average molecular weight is 446 g/mol. The first-order valence-corrected chi connectivity index (χ1v) is 8.78. The zero-order chi connectivity index (χ0) is 20.1. The summed E-state index contributed by atoms with van der Waals surface area (Å²) in [6.07, 6.45) is 1.45. The highest BCUT2D eigenvalue weighted by Crippen LogP contribution is 2.35. The van der Waals surface area contributed by atoms with E-state index in [2.05, 4.69) is 41.6 Å². The molecule has 0 spiro atoms. The second kappa shape index (κ2) is 8.53. The quantitative estimate of drug-likeness (QED) is 0.393. The fourth-order valence-electron chi connectivity index (χ4n) is 2.32. The molecule has 28 heavy (non-hydrogen) atoms. The van der Waals surface area contributed by atoms with E-state index < -0.39 is 5.56 Å². The first kappa shape index (κ1) is 19.4. The van der Waals surface area contributed by atoms with Gasteiger partial charge in [0.2, 0.25) is 5.95 Å². The Labute approximate surface area is 168 Å². The van der Waals surface area contributed by atoms with Gasteiger partial charge >= 0.3 is 0 Å². The van der Waals surface area contributed by atoms with E-state index in [0.29, 0.717) is 27.1 Å². The number of nitrogens with one attached hydrogen (secondary N) is 2. The number of halogens is 1. The normalized spacial score (nSPS) is 10.8. The number of phenols is 1. The minimum absolute atomic E-state index is 0.0384. The second-order valence-corrected chi connectivity index (χ2v) is 6.26. The van der Waals surface area contributed by atoms with Crippen LogP contribution in [0.25, 0.3) is 11.3 Å². The molecule has 9 nitrogen and oxygen atoms in total. The molecule has 1 aromatic heterocycles. The maximum atomic E-state index is 12.3. The number of nitrogens with zero attached hydrogens (tertiary/aromatic N) is 3. The summed E-state index contributed by atoms with van der Waals surface area (Å²) in [4.78, 5) is 14.8. The Kier molecular flexibility index (Phi) is 5.90. The minimum atomic E-state index is -0.416. The van der Waals surface area contributed by atoms with Crippen LogP contribution in [0.5, 0.6) is 17.2 Å². The molecule has 3 rings (SSSR count). The highest BCUT2D eigenvalue weighted by Gasteiger charge is 2.10. The summed E-state index contributed by atoms with van der Waals surface area (Å²) in [5.74, 6) is 1.05. The van der Waals surface area contributed by atoms with Crippen molar-refractivity contribution in [3.63, 3.8) is 0 Å². The van der Waals surface area contributed by atoms with Gasteiger partial charge < -0.3 is 14.6 Å². The summed E-state index contributed by atoms with van der Waals surface area (Å²) < 4.78 is 10.5. The number of H-pyrrole nitrogens is 1. The highest BCUT2D eigenvalue weighted by atomic mass is 79.9. The number of aromatic nitrogens is 3. The number of aromatic hydroxyl groups is 1. The Balaban J connectivity index is 1.75. The summed E-state index contributed by atoms with van der Waals surface area (Å²) in [6, 6.07) is 10.2. The van der Waals surface area contributed by atoms with Crippen molar-refractivity contribution >= 4 is 28.1 Å². The van der Waals surface area contributed by atoms with E-state index in [4.69, 9.17) is 9.47 Å². The van der Waals surface area contributed by atoms with E-state index in [-0.39, 0.29) is 17.4 Å². The molecule has 10 heteroatoms. The van der Waals surface area contributed by atoms with Crippen molar-refractivity contribution in [2.75, 3.05) is 19.6 Å². The lowest BCUT2D eigenvalue weighted by Crippen LogP contribution is -2.15. The number of anilines is 1. The van der Waals surface area contributed by atoms with Gasteiger partial charge in [-0.3, -0.25) is 9.78 Å². The van der Waals surface area contributed by atoms with Gasteiger partial charge in [0.1, 0.15) is 5.75 Å². The van der Waals surface area contributed by atoms with Crippen LogP contribution in [0, 0.1) is 0 Å². The summed E-state index contributed by atoms with van der Waals surface area (Å²) in [7, 11) is 3.02. The van der Waals surface area contributed by atoms with Gasteiger partial charge in [-0.2, -0.15) is 5.10 Å². The van der Waals surface area contributed by atoms with Gasteiger partial charge in [-0.15, -0.1) is 10.2 Å². The molecule has 0 bridgehead atoms. The molecule has 3 aromatic rings. The fourth-order valence-corrected chi connectivity index (χ4v) is 2.74. The highest BCUT2D eigenvalue weighted by molar-refractivity contribution is 9.10. The van der Waals surface area contributed by atoms with Crippen LogP contribution in [-0.4, -0.2) is 40.7 Å². The molecule has 0 unspecified atom stereocenters. The zero-order valence-corrected chi connectivity index (χ0v) is 16.5. The molecule has 0 saturated heterocycles. The van der Waals surface area contributed by atoms with Crippen molar-refractivity contribution in [3.8, 4) is 28.5 Å². The van der Waals surface area contributed by atoms with Gasteiger partial charge in [0.15, 0.2) is 17.2 Å². The molecule has 0 aliphatic heterocycles. The molecule has 0 fully saturated rings. The van der Waals surface area contributed by atoms with Crippen LogP contribution in [0.15, 0.2) is 50.8 Å². The van der Waals surface area contributed by atoms with Crippen LogP contribution in [0.1, 0.15) is 5.56 Å². The number of rotatable bonds is 6.